The lowest BCUT2D eigenvalue weighted by molar-refractivity contribution is 0.0904. The van der Waals surface area contributed by atoms with Gasteiger partial charge in [0.15, 0.2) is 5.69 Å². The van der Waals surface area contributed by atoms with Crippen LogP contribution in [0.2, 0.25) is 0 Å². The largest absolute Gasteiger partial charge is 0.369 e. The molecular formula is C13H22N4O. The highest BCUT2D eigenvalue weighted by molar-refractivity contribution is 5.92. The predicted octanol–water partition coefficient (Wildman–Crippen LogP) is 2.07. The summed E-state index contributed by atoms with van der Waals surface area (Å²) in [5.41, 5.74) is 0.361. The molecule has 5 nitrogen and oxygen atoms in total. The van der Waals surface area contributed by atoms with Crippen molar-refractivity contribution in [3.8, 4) is 0 Å². The van der Waals surface area contributed by atoms with Gasteiger partial charge < -0.3 is 10.6 Å². The first-order valence-corrected chi connectivity index (χ1v) is 6.23. The van der Waals surface area contributed by atoms with E-state index in [2.05, 4.69) is 41.6 Å². The Morgan fingerprint density at radius 1 is 1.33 bits per heavy atom. The van der Waals surface area contributed by atoms with Crippen molar-refractivity contribution in [2.45, 2.75) is 40.7 Å². The van der Waals surface area contributed by atoms with E-state index in [1.165, 1.54) is 0 Å². The van der Waals surface area contributed by atoms with Crippen molar-refractivity contribution in [3.63, 3.8) is 0 Å². The summed E-state index contributed by atoms with van der Waals surface area (Å²) < 4.78 is 0. The predicted molar refractivity (Wildman–Crippen MR) is 72.6 cm³/mol. The molecule has 0 radical (unpaired) electrons. The first-order chi connectivity index (χ1) is 8.34. The Bertz CT molecular complexity index is 394. The van der Waals surface area contributed by atoms with Gasteiger partial charge in [-0.3, -0.25) is 4.79 Å². The summed E-state index contributed by atoms with van der Waals surface area (Å²) in [5, 5.41) is 13.8. The molecule has 0 aliphatic rings. The Balaban J connectivity index is 2.67. The molecule has 1 unspecified atom stereocenters. The van der Waals surface area contributed by atoms with Crippen molar-refractivity contribution in [1.82, 2.24) is 15.5 Å². The minimum absolute atomic E-state index is 0.0206. The lowest BCUT2D eigenvalue weighted by Crippen LogP contribution is -2.41. The quantitative estimate of drug-likeness (QED) is 0.858. The van der Waals surface area contributed by atoms with Crippen molar-refractivity contribution in [2.75, 3.05) is 11.9 Å². The van der Waals surface area contributed by atoms with Crippen LogP contribution in [0, 0.1) is 5.41 Å². The maximum atomic E-state index is 11.9. The summed E-state index contributed by atoms with van der Waals surface area (Å²) >= 11 is 0. The zero-order valence-electron chi connectivity index (χ0n) is 11.7. The van der Waals surface area contributed by atoms with Gasteiger partial charge in [-0.25, -0.2) is 0 Å². The average Bonchev–Trinajstić information content (AvgIpc) is 2.29. The number of anilines is 1. The van der Waals surface area contributed by atoms with Gasteiger partial charge >= 0.3 is 0 Å². The summed E-state index contributed by atoms with van der Waals surface area (Å²) in [5.74, 6) is 0.492. The van der Waals surface area contributed by atoms with Crippen LogP contribution >= 0.6 is 0 Å². The van der Waals surface area contributed by atoms with Crippen molar-refractivity contribution >= 4 is 11.7 Å². The first-order valence-electron chi connectivity index (χ1n) is 6.23. The maximum absolute atomic E-state index is 11.9. The minimum Gasteiger partial charge on any atom is -0.369 e. The minimum atomic E-state index is -0.187. The zero-order chi connectivity index (χ0) is 13.8. The maximum Gasteiger partial charge on any atom is 0.272 e. The highest BCUT2D eigenvalue weighted by Gasteiger charge is 2.22. The lowest BCUT2D eigenvalue weighted by Gasteiger charge is -2.27. The molecule has 0 fully saturated rings. The number of amides is 1. The molecule has 0 saturated heterocycles. The van der Waals surface area contributed by atoms with Crippen LogP contribution in [0.3, 0.4) is 0 Å². The van der Waals surface area contributed by atoms with E-state index < -0.39 is 0 Å². The van der Waals surface area contributed by atoms with E-state index in [0.29, 0.717) is 11.5 Å². The van der Waals surface area contributed by atoms with Gasteiger partial charge in [-0.2, -0.15) is 0 Å². The second-order valence-electron chi connectivity index (χ2n) is 5.40. The van der Waals surface area contributed by atoms with E-state index in [1.54, 1.807) is 12.1 Å². The number of aromatic nitrogens is 2. The van der Waals surface area contributed by atoms with Gasteiger partial charge in [-0.1, -0.05) is 20.8 Å². The van der Waals surface area contributed by atoms with Crippen LogP contribution in [0.25, 0.3) is 0 Å². The van der Waals surface area contributed by atoms with Crippen LogP contribution in [0.15, 0.2) is 12.1 Å². The molecule has 0 aromatic carbocycles. The summed E-state index contributed by atoms with van der Waals surface area (Å²) in [6, 6.07) is 3.50. The summed E-state index contributed by atoms with van der Waals surface area (Å²) in [6.07, 6.45) is 0. The monoisotopic (exact) mass is 250 g/mol. The molecule has 1 amide bonds. The molecule has 0 spiro atoms. The van der Waals surface area contributed by atoms with E-state index in [1.807, 2.05) is 13.8 Å². The molecule has 0 bridgehead atoms. The second-order valence-corrected chi connectivity index (χ2v) is 5.40. The SMILES string of the molecule is CCNc1ccc(C(=O)NC(C)C(C)(C)C)nn1. The van der Waals surface area contributed by atoms with Gasteiger partial charge in [0.2, 0.25) is 0 Å². The average molecular weight is 250 g/mol. The fourth-order valence-corrected chi connectivity index (χ4v) is 1.22. The van der Waals surface area contributed by atoms with Crippen LogP contribution in [-0.4, -0.2) is 28.7 Å². The van der Waals surface area contributed by atoms with Gasteiger partial charge in [-0.05, 0) is 31.4 Å². The Kier molecular flexibility index (Phi) is 4.64. The van der Waals surface area contributed by atoms with E-state index >= 15 is 0 Å². The Hall–Kier alpha value is -1.65. The number of nitrogens with zero attached hydrogens (tertiary/aromatic N) is 2. The number of nitrogens with one attached hydrogen (secondary N) is 2. The van der Waals surface area contributed by atoms with Crippen molar-refractivity contribution in [2.24, 2.45) is 5.41 Å². The fraction of sp³-hybridized carbons (Fsp3) is 0.615. The van der Waals surface area contributed by atoms with Crippen LogP contribution in [0.5, 0.6) is 0 Å². The normalized spacial score (nSPS) is 12.9. The van der Waals surface area contributed by atoms with Crippen molar-refractivity contribution in [3.05, 3.63) is 17.8 Å². The third-order valence-corrected chi connectivity index (χ3v) is 2.90. The number of rotatable bonds is 4. The van der Waals surface area contributed by atoms with Gasteiger partial charge in [0.05, 0.1) is 0 Å². The second kappa shape index (κ2) is 5.80. The highest BCUT2D eigenvalue weighted by Crippen LogP contribution is 2.18. The third-order valence-electron chi connectivity index (χ3n) is 2.90. The molecule has 18 heavy (non-hydrogen) atoms. The van der Waals surface area contributed by atoms with Gasteiger partial charge in [-0.15, -0.1) is 10.2 Å². The molecule has 1 heterocycles. The summed E-state index contributed by atoms with van der Waals surface area (Å²) in [7, 11) is 0. The fourth-order valence-electron chi connectivity index (χ4n) is 1.22. The zero-order valence-corrected chi connectivity index (χ0v) is 11.7. The van der Waals surface area contributed by atoms with Gasteiger partial charge in [0.25, 0.3) is 5.91 Å². The van der Waals surface area contributed by atoms with Crippen molar-refractivity contribution in [1.29, 1.82) is 0 Å². The molecule has 1 aromatic rings. The van der Waals surface area contributed by atoms with Crippen LogP contribution in [-0.2, 0) is 0 Å². The summed E-state index contributed by atoms with van der Waals surface area (Å²) in [4.78, 5) is 11.9. The number of hydrogen-bond acceptors (Lipinski definition) is 4. The van der Waals surface area contributed by atoms with Crippen LogP contribution < -0.4 is 10.6 Å². The standard InChI is InChI=1S/C13H22N4O/c1-6-14-11-8-7-10(16-17-11)12(18)15-9(2)13(3,4)5/h7-9H,6H2,1-5H3,(H,14,17)(H,15,18). The third kappa shape index (κ3) is 3.98. The molecule has 100 valence electrons. The van der Waals surface area contributed by atoms with Gasteiger partial charge in [0, 0.05) is 12.6 Å². The topological polar surface area (TPSA) is 66.9 Å². The summed E-state index contributed by atoms with van der Waals surface area (Å²) in [6.45, 7) is 11.0. The van der Waals surface area contributed by atoms with Crippen LogP contribution in [0.1, 0.15) is 45.1 Å². The first kappa shape index (κ1) is 14.4. The van der Waals surface area contributed by atoms with E-state index in [9.17, 15) is 4.79 Å². The molecule has 1 rings (SSSR count). The molecule has 0 aliphatic carbocycles. The smallest absolute Gasteiger partial charge is 0.272 e. The molecule has 0 aliphatic heterocycles. The molecule has 0 saturated carbocycles. The molecule has 5 heteroatoms. The van der Waals surface area contributed by atoms with E-state index in [0.717, 1.165) is 6.54 Å². The molecule has 1 atom stereocenters. The Labute approximate surface area is 108 Å². The Morgan fingerprint density at radius 3 is 2.44 bits per heavy atom. The van der Waals surface area contributed by atoms with E-state index in [4.69, 9.17) is 0 Å². The van der Waals surface area contributed by atoms with Gasteiger partial charge in [0.1, 0.15) is 5.82 Å². The molecule has 1 aromatic heterocycles. The van der Waals surface area contributed by atoms with E-state index in [-0.39, 0.29) is 17.4 Å². The molecule has 2 N–H and O–H groups in total. The number of hydrogen-bond donors (Lipinski definition) is 2. The number of carbonyl (C=O) groups excluding carboxylic acids is 1. The lowest BCUT2D eigenvalue weighted by atomic mass is 9.88. The van der Waals surface area contributed by atoms with Crippen LogP contribution in [0.4, 0.5) is 5.82 Å². The van der Waals surface area contributed by atoms with Crippen molar-refractivity contribution < 1.29 is 4.79 Å². The molecular weight excluding hydrogens is 228 g/mol. The Morgan fingerprint density at radius 2 is 2.00 bits per heavy atom. The highest BCUT2D eigenvalue weighted by atomic mass is 16.2. The number of carbonyl (C=O) groups is 1.